The van der Waals surface area contributed by atoms with E-state index in [1.807, 2.05) is 6.07 Å². The highest BCUT2D eigenvalue weighted by molar-refractivity contribution is 5.88. The molecule has 102 valence electrons. The van der Waals surface area contributed by atoms with Gasteiger partial charge in [0.25, 0.3) is 0 Å². The molecule has 4 heteroatoms. The van der Waals surface area contributed by atoms with Gasteiger partial charge in [-0.1, -0.05) is 26.2 Å². The molecule has 0 radical (unpaired) electrons. The van der Waals surface area contributed by atoms with Crippen LogP contribution in [0, 0.1) is 23.0 Å². The first-order valence-electron chi connectivity index (χ1n) is 6.46. The van der Waals surface area contributed by atoms with Crippen LogP contribution >= 0.6 is 0 Å². The van der Waals surface area contributed by atoms with Crippen LogP contribution < -0.4 is 0 Å². The van der Waals surface area contributed by atoms with E-state index in [1.165, 1.54) is 0 Å². The Morgan fingerprint density at radius 2 is 1.84 bits per heavy atom. The molecule has 0 aromatic heterocycles. The van der Waals surface area contributed by atoms with Gasteiger partial charge in [-0.2, -0.15) is 5.26 Å². The zero-order chi connectivity index (χ0) is 14.3. The zero-order valence-electron chi connectivity index (χ0n) is 11.0. The summed E-state index contributed by atoms with van der Waals surface area (Å²) in [6.07, 6.45) is 4.01. The molecule has 1 unspecified atom stereocenters. The zero-order valence-corrected chi connectivity index (χ0v) is 11.0. The first-order chi connectivity index (χ1) is 9.08. The van der Waals surface area contributed by atoms with Crippen LogP contribution in [0.3, 0.4) is 0 Å². The van der Waals surface area contributed by atoms with Gasteiger partial charge < -0.3 is 0 Å². The smallest absolute Gasteiger partial charge is 0.154 e. The predicted octanol–water partition coefficient (Wildman–Crippen LogP) is 4.11. The van der Waals surface area contributed by atoms with Crippen LogP contribution in [-0.4, -0.2) is 5.78 Å². The quantitative estimate of drug-likeness (QED) is 0.696. The van der Waals surface area contributed by atoms with Gasteiger partial charge in [-0.05, 0) is 24.1 Å². The van der Waals surface area contributed by atoms with Gasteiger partial charge in [0.15, 0.2) is 5.78 Å². The Kier molecular flexibility index (Phi) is 6.14. The molecule has 1 aromatic rings. The molecule has 0 heterocycles. The van der Waals surface area contributed by atoms with Gasteiger partial charge in [0, 0.05) is 12.5 Å². The Bertz CT molecular complexity index is 459. The Hall–Kier alpha value is -1.76. The number of nitriles is 1. The number of carbonyl (C=O) groups is 1. The fourth-order valence-electron chi connectivity index (χ4n) is 1.94. The third-order valence-electron chi connectivity index (χ3n) is 2.95. The van der Waals surface area contributed by atoms with E-state index in [-0.39, 0.29) is 17.8 Å². The van der Waals surface area contributed by atoms with E-state index in [0.29, 0.717) is 6.42 Å². The third kappa shape index (κ3) is 4.78. The summed E-state index contributed by atoms with van der Waals surface area (Å²) in [5, 5.41) is 9.02. The second-order valence-electron chi connectivity index (χ2n) is 4.54. The normalized spacial score (nSPS) is 11.9. The highest BCUT2D eigenvalue weighted by Crippen LogP contribution is 2.21. The molecule has 0 amide bonds. The fourth-order valence-corrected chi connectivity index (χ4v) is 1.94. The number of carbonyl (C=O) groups excluding carboxylic acids is 1. The molecule has 0 bridgehead atoms. The minimum atomic E-state index is -1.08. The minimum Gasteiger partial charge on any atom is -0.298 e. The van der Waals surface area contributed by atoms with E-state index in [9.17, 15) is 13.6 Å². The van der Waals surface area contributed by atoms with Gasteiger partial charge in [-0.25, -0.2) is 8.78 Å². The number of hydrogen-bond donors (Lipinski definition) is 0. The van der Waals surface area contributed by atoms with Gasteiger partial charge in [0.2, 0.25) is 0 Å². The molecule has 1 aromatic carbocycles. The third-order valence-corrected chi connectivity index (χ3v) is 2.95. The Morgan fingerprint density at radius 1 is 1.21 bits per heavy atom. The van der Waals surface area contributed by atoms with Gasteiger partial charge in [0.1, 0.15) is 17.6 Å². The summed E-state index contributed by atoms with van der Waals surface area (Å²) in [5.74, 6) is -2.89. The molecule has 0 fully saturated rings. The van der Waals surface area contributed by atoms with Crippen molar-refractivity contribution in [1.29, 1.82) is 5.26 Å². The van der Waals surface area contributed by atoms with Crippen LogP contribution in [0.4, 0.5) is 8.78 Å². The number of rotatable bonds is 7. The van der Waals surface area contributed by atoms with Crippen LogP contribution in [-0.2, 0) is 4.79 Å². The molecular formula is C15H17F2NO. The number of Topliss-reactive ketones (excluding diaryl/α,β-unsaturated/α-hetero) is 1. The highest BCUT2D eigenvalue weighted by Gasteiger charge is 2.20. The van der Waals surface area contributed by atoms with Crippen LogP contribution in [0.2, 0.25) is 0 Å². The summed E-state index contributed by atoms with van der Waals surface area (Å²) in [5.41, 5.74) is 0.0977. The number of ketones is 1. The first kappa shape index (κ1) is 15.3. The molecule has 0 spiro atoms. The van der Waals surface area contributed by atoms with Gasteiger partial charge in [-0.15, -0.1) is 0 Å². The van der Waals surface area contributed by atoms with Crippen molar-refractivity contribution in [3.8, 4) is 6.07 Å². The lowest BCUT2D eigenvalue weighted by atomic mass is 9.92. The molecule has 19 heavy (non-hydrogen) atoms. The maximum atomic E-state index is 13.1. The van der Waals surface area contributed by atoms with E-state index < -0.39 is 17.6 Å². The summed E-state index contributed by atoms with van der Waals surface area (Å²) in [7, 11) is 0. The van der Waals surface area contributed by atoms with Crippen molar-refractivity contribution in [3.05, 3.63) is 35.4 Å². The molecule has 0 saturated heterocycles. The number of unbranched alkanes of at least 4 members (excludes halogenated alkanes) is 3. The van der Waals surface area contributed by atoms with Gasteiger partial charge >= 0.3 is 0 Å². The second-order valence-corrected chi connectivity index (χ2v) is 4.54. The molecule has 0 aliphatic heterocycles. The van der Waals surface area contributed by atoms with Crippen molar-refractivity contribution in [2.75, 3.05) is 0 Å². The molecule has 0 N–H and O–H groups in total. The van der Waals surface area contributed by atoms with Gasteiger partial charge in [-0.3, -0.25) is 4.79 Å². The number of benzene rings is 1. The predicted molar refractivity (Wildman–Crippen MR) is 68.5 cm³/mol. The Morgan fingerprint density at radius 3 is 2.37 bits per heavy atom. The number of nitrogens with zero attached hydrogens (tertiary/aromatic N) is 1. The van der Waals surface area contributed by atoms with E-state index in [1.54, 1.807) is 0 Å². The maximum Gasteiger partial charge on any atom is 0.154 e. The SMILES string of the molecule is CCCCCCC(=O)C(C#N)c1cc(F)cc(F)c1. The molecule has 0 aliphatic rings. The summed E-state index contributed by atoms with van der Waals surface area (Å²) >= 11 is 0. The minimum absolute atomic E-state index is 0.0977. The fraction of sp³-hybridized carbons (Fsp3) is 0.467. The largest absolute Gasteiger partial charge is 0.298 e. The van der Waals surface area contributed by atoms with Crippen LogP contribution in [0.15, 0.2) is 18.2 Å². The summed E-state index contributed by atoms with van der Waals surface area (Å²) < 4.78 is 26.2. The van der Waals surface area contributed by atoms with Crippen molar-refractivity contribution in [2.45, 2.75) is 44.9 Å². The molecular weight excluding hydrogens is 248 g/mol. The van der Waals surface area contributed by atoms with Crippen molar-refractivity contribution in [2.24, 2.45) is 0 Å². The van der Waals surface area contributed by atoms with Crippen molar-refractivity contribution in [3.63, 3.8) is 0 Å². The molecule has 1 atom stereocenters. The molecule has 0 aliphatic carbocycles. The lowest BCUT2D eigenvalue weighted by Gasteiger charge is -2.09. The first-order valence-corrected chi connectivity index (χ1v) is 6.46. The van der Waals surface area contributed by atoms with Crippen molar-refractivity contribution < 1.29 is 13.6 Å². The van der Waals surface area contributed by atoms with E-state index in [4.69, 9.17) is 5.26 Å². The molecule has 2 nitrogen and oxygen atoms in total. The second kappa shape index (κ2) is 7.63. The van der Waals surface area contributed by atoms with Gasteiger partial charge in [0.05, 0.1) is 6.07 Å². The Labute approximate surface area is 112 Å². The van der Waals surface area contributed by atoms with E-state index in [0.717, 1.165) is 37.5 Å². The van der Waals surface area contributed by atoms with E-state index in [2.05, 4.69) is 6.92 Å². The van der Waals surface area contributed by atoms with Crippen molar-refractivity contribution >= 4 is 5.78 Å². The average molecular weight is 265 g/mol. The summed E-state index contributed by atoms with van der Waals surface area (Å²) in [4.78, 5) is 11.9. The van der Waals surface area contributed by atoms with Crippen LogP contribution in [0.5, 0.6) is 0 Å². The maximum absolute atomic E-state index is 13.1. The number of halogens is 2. The lowest BCUT2D eigenvalue weighted by Crippen LogP contribution is -2.11. The monoisotopic (exact) mass is 265 g/mol. The number of hydrogen-bond acceptors (Lipinski definition) is 2. The average Bonchev–Trinajstić information content (AvgIpc) is 2.34. The van der Waals surface area contributed by atoms with Crippen molar-refractivity contribution in [1.82, 2.24) is 0 Å². The topological polar surface area (TPSA) is 40.9 Å². The molecule has 1 rings (SSSR count). The lowest BCUT2D eigenvalue weighted by molar-refractivity contribution is -0.119. The van der Waals surface area contributed by atoms with Crippen LogP contribution in [0.25, 0.3) is 0 Å². The Balaban J connectivity index is 2.72. The highest BCUT2D eigenvalue weighted by atomic mass is 19.1. The van der Waals surface area contributed by atoms with E-state index >= 15 is 0 Å². The standard InChI is InChI=1S/C15H17F2NO/c1-2-3-4-5-6-15(19)14(10-18)11-7-12(16)9-13(17)8-11/h7-9,14H,2-6H2,1H3. The molecule has 0 saturated carbocycles. The van der Waals surface area contributed by atoms with Crippen LogP contribution in [0.1, 0.15) is 50.5 Å². The summed E-state index contributed by atoms with van der Waals surface area (Å²) in [6.45, 7) is 2.06. The summed E-state index contributed by atoms with van der Waals surface area (Å²) in [6, 6.07) is 4.64.